The number of rotatable bonds is 6. The fraction of sp³-hybridized carbons (Fsp3) is 0.364. The molecule has 19 heavy (non-hydrogen) atoms. The van der Waals surface area contributed by atoms with Crippen molar-refractivity contribution in [3.63, 3.8) is 0 Å². The Bertz CT molecular complexity index is 557. The monoisotopic (exact) mass is 287 g/mol. The largest absolute Gasteiger partial charge is 0.462 e. The van der Waals surface area contributed by atoms with E-state index in [2.05, 4.69) is 5.32 Å². The van der Waals surface area contributed by atoms with Crippen LogP contribution < -0.4 is 16.2 Å². The van der Waals surface area contributed by atoms with Gasteiger partial charge in [0.25, 0.3) is 0 Å². The Morgan fingerprint density at radius 2 is 2.11 bits per heavy atom. The molecule has 0 fully saturated rings. The standard InChI is InChI=1S/C11H17N3O4S/c1-2-18-11(15)8-4-3-5-9(12)10(8)14-6-7-19(13,16)17/h3-5,14H,2,6-7,12H2,1H3,(H2,13,16,17). The molecule has 0 aliphatic carbocycles. The van der Waals surface area contributed by atoms with Crippen molar-refractivity contribution in [2.45, 2.75) is 6.92 Å². The first kappa shape index (κ1) is 15.3. The van der Waals surface area contributed by atoms with Crippen molar-refractivity contribution in [3.8, 4) is 0 Å². The number of ether oxygens (including phenoxy) is 1. The summed E-state index contributed by atoms with van der Waals surface area (Å²) >= 11 is 0. The van der Waals surface area contributed by atoms with E-state index in [4.69, 9.17) is 15.6 Å². The molecular weight excluding hydrogens is 270 g/mol. The second-order valence-electron chi connectivity index (χ2n) is 3.78. The number of sulfonamides is 1. The highest BCUT2D eigenvalue weighted by molar-refractivity contribution is 7.89. The summed E-state index contributed by atoms with van der Waals surface area (Å²) in [6.07, 6.45) is 0. The molecule has 0 amide bonds. The van der Waals surface area contributed by atoms with Gasteiger partial charge in [0.1, 0.15) is 0 Å². The smallest absolute Gasteiger partial charge is 0.340 e. The molecule has 0 aliphatic heterocycles. The Morgan fingerprint density at radius 1 is 1.42 bits per heavy atom. The molecule has 0 spiro atoms. The number of esters is 1. The molecule has 106 valence electrons. The van der Waals surface area contributed by atoms with Crippen LogP contribution in [0, 0.1) is 0 Å². The van der Waals surface area contributed by atoms with E-state index < -0.39 is 16.0 Å². The number of nitrogens with two attached hydrogens (primary N) is 2. The van der Waals surface area contributed by atoms with Gasteiger partial charge >= 0.3 is 5.97 Å². The maximum absolute atomic E-state index is 11.7. The minimum Gasteiger partial charge on any atom is -0.462 e. The molecule has 5 N–H and O–H groups in total. The number of carbonyl (C=O) groups is 1. The van der Waals surface area contributed by atoms with Gasteiger partial charge in [0.05, 0.1) is 29.3 Å². The summed E-state index contributed by atoms with van der Waals surface area (Å²) in [5.74, 6) is -0.781. The topological polar surface area (TPSA) is 125 Å². The summed E-state index contributed by atoms with van der Waals surface area (Å²) in [5, 5.41) is 7.68. The van der Waals surface area contributed by atoms with Crippen molar-refractivity contribution in [3.05, 3.63) is 23.8 Å². The van der Waals surface area contributed by atoms with Crippen molar-refractivity contribution < 1.29 is 17.9 Å². The summed E-state index contributed by atoms with van der Waals surface area (Å²) in [6.45, 7) is 1.99. The zero-order chi connectivity index (χ0) is 14.5. The van der Waals surface area contributed by atoms with E-state index in [1.54, 1.807) is 25.1 Å². The molecule has 0 saturated carbocycles. The van der Waals surface area contributed by atoms with Gasteiger partial charge in [-0.2, -0.15) is 0 Å². The number of nitrogens with one attached hydrogen (secondary N) is 1. The van der Waals surface area contributed by atoms with E-state index in [0.717, 1.165) is 0 Å². The molecule has 0 unspecified atom stereocenters. The molecule has 0 atom stereocenters. The lowest BCUT2D eigenvalue weighted by Crippen LogP contribution is -2.23. The third-order valence-electron chi connectivity index (χ3n) is 2.28. The van der Waals surface area contributed by atoms with Crippen molar-refractivity contribution in [1.29, 1.82) is 0 Å². The van der Waals surface area contributed by atoms with Gasteiger partial charge in [0, 0.05) is 6.54 Å². The van der Waals surface area contributed by atoms with E-state index in [1.807, 2.05) is 0 Å². The van der Waals surface area contributed by atoms with Gasteiger partial charge in [0.15, 0.2) is 0 Å². The van der Waals surface area contributed by atoms with Gasteiger partial charge in [-0.1, -0.05) is 6.07 Å². The number of carbonyl (C=O) groups excluding carboxylic acids is 1. The molecule has 0 aromatic heterocycles. The van der Waals surface area contributed by atoms with E-state index in [-0.39, 0.29) is 24.5 Å². The van der Waals surface area contributed by atoms with Crippen LogP contribution in [0.15, 0.2) is 18.2 Å². The van der Waals surface area contributed by atoms with Crippen molar-refractivity contribution >= 4 is 27.4 Å². The molecule has 1 rings (SSSR count). The zero-order valence-electron chi connectivity index (χ0n) is 10.5. The molecule has 1 aromatic rings. The summed E-state index contributed by atoms with van der Waals surface area (Å²) < 4.78 is 26.6. The summed E-state index contributed by atoms with van der Waals surface area (Å²) in [4.78, 5) is 11.7. The predicted octanol–water partition coefficient (Wildman–Crippen LogP) is 0.146. The van der Waals surface area contributed by atoms with Gasteiger partial charge in [-0.05, 0) is 19.1 Å². The second kappa shape index (κ2) is 6.39. The van der Waals surface area contributed by atoms with Crippen LogP contribution in [-0.4, -0.2) is 33.3 Å². The van der Waals surface area contributed by atoms with E-state index >= 15 is 0 Å². The average Bonchev–Trinajstić information content (AvgIpc) is 2.30. The number of para-hydroxylation sites is 1. The van der Waals surface area contributed by atoms with Gasteiger partial charge in [-0.15, -0.1) is 0 Å². The number of primary sulfonamides is 1. The third kappa shape index (κ3) is 4.76. The molecule has 0 saturated heterocycles. The highest BCUT2D eigenvalue weighted by Crippen LogP contribution is 2.24. The van der Waals surface area contributed by atoms with Crippen LogP contribution in [0.1, 0.15) is 17.3 Å². The van der Waals surface area contributed by atoms with Crippen LogP contribution in [0.4, 0.5) is 11.4 Å². The summed E-state index contributed by atoms with van der Waals surface area (Å²) in [5.41, 5.74) is 6.70. The van der Waals surface area contributed by atoms with Crippen LogP contribution in [0.25, 0.3) is 0 Å². The van der Waals surface area contributed by atoms with Gasteiger partial charge in [-0.25, -0.2) is 18.4 Å². The lowest BCUT2D eigenvalue weighted by atomic mass is 10.1. The minimum absolute atomic E-state index is 0.0550. The Balaban J connectivity index is 2.89. The first-order valence-corrected chi connectivity index (χ1v) is 7.36. The normalized spacial score (nSPS) is 11.1. The fourth-order valence-electron chi connectivity index (χ4n) is 1.46. The number of anilines is 2. The van der Waals surface area contributed by atoms with Gasteiger partial charge in [0.2, 0.25) is 10.0 Å². The fourth-order valence-corrected chi connectivity index (χ4v) is 1.85. The van der Waals surface area contributed by atoms with Crippen molar-refractivity contribution in [2.24, 2.45) is 5.14 Å². The van der Waals surface area contributed by atoms with Crippen LogP contribution in [-0.2, 0) is 14.8 Å². The average molecular weight is 287 g/mol. The molecular formula is C11H17N3O4S. The van der Waals surface area contributed by atoms with E-state index in [9.17, 15) is 13.2 Å². The molecule has 0 heterocycles. The van der Waals surface area contributed by atoms with E-state index in [0.29, 0.717) is 11.4 Å². The highest BCUT2D eigenvalue weighted by atomic mass is 32.2. The lowest BCUT2D eigenvalue weighted by molar-refractivity contribution is 0.0527. The minimum atomic E-state index is -3.57. The van der Waals surface area contributed by atoms with Crippen LogP contribution in [0.2, 0.25) is 0 Å². The van der Waals surface area contributed by atoms with Crippen LogP contribution in [0.3, 0.4) is 0 Å². The first-order chi connectivity index (χ1) is 8.85. The number of benzene rings is 1. The van der Waals surface area contributed by atoms with Crippen LogP contribution in [0.5, 0.6) is 0 Å². The lowest BCUT2D eigenvalue weighted by Gasteiger charge is -2.13. The quantitative estimate of drug-likeness (QED) is 0.505. The molecule has 0 aliphatic rings. The highest BCUT2D eigenvalue weighted by Gasteiger charge is 2.15. The molecule has 7 nitrogen and oxygen atoms in total. The summed E-state index contributed by atoms with van der Waals surface area (Å²) in [7, 11) is -3.57. The van der Waals surface area contributed by atoms with Crippen molar-refractivity contribution in [2.75, 3.05) is 30.0 Å². The zero-order valence-corrected chi connectivity index (χ0v) is 11.4. The maximum Gasteiger partial charge on any atom is 0.340 e. The van der Waals surface area contributed by atoms with Gasteiger partial charge in [-0.3, -0.25) is 0 Å². The Morgan fingerprint density at radius 3 is 2.68 bits per heavy atom. The van der Waals surface area contributed by atoms with E-state index in [1.165, 1.54) is 0 Å². The molecule has 0 bridgehead atoms. The molecule has 8 heteroatoms. The Hall–Kier alpha value is -1.80. The number of nitrogen functional groups attached to an aromatic ring is 1. The molecule has 1 aromatic carbocycles. The summed E-state index contributed by atoms with van der Waals surface area (Å²) in [6, 6.07) is 4.77. The SMILES string of the molecule is CCOC(=O)c1cccc(N)c1NCCS(N)(=O)=O. The third-order valence-corrected chi connectivity index (χ3v) is 3.05. The Kier molecular flexibility index (Phi) is 5.13. The molecule has 0 radical (unpaired) electrons. The Labute approximate surface area is 112 Å². The maximum atomic E-state index is 11.7. The van der Waals surface area contributed by atoms with Gasteiger partial charge < -0.3 is 15.8 Å². The number of hydrogen-bond acceptors (Lipinski definition) is 6. The van der Waals surface area contributed by atoms with Crippen LogP contribution >= 0.6 is 0 Å². The van der Waals surface area contributed by atoms with Crippen molar-refractivity contribution in [1.82, 2.24) is 0 Å². The first-order valence-electron chi connectivity index (χ1n) is 5.65. The number of hydrogen-bond donors (Lipinski definition) is 3. The predicted molar refractivity (Wildman–Crippen MR) is 73.3 cm³/mol. The second-order valence-corrected chi connectivity index (χ2v) is 5.52.